The lowest BCUT2D eigenvalue weighted by Gasteiger charge is -2.47. The molecule has 0 radical (unpaired) electrons. The molecule has 4 aliphatic rings. The standard InChI is InChI=1S/C39H22F6N4S2/c1-35-23(17-27(50-35)25-13-11-21-9-7-19-5-3-15-46-31(19)33(21)48-25)29-30(38(42,43)39(44,45)37(29,40)41)24-18-28(51-36(24,35)2)26-14-12-22-10-8-20-6-4-16-47-32(20)34(22)49-26/h3-18H,1-2H3/t35-,36-/m1/s1. The molecule has 6 aromatic rings. The minimum atomic E-state index is -5.66. The number of thioether (sulfide) groups is 2. The molecule has 4 aromatic heterocycles. The van der Waals surface area contributed by atoms with Crippen LogP contribution in [-0.2, 0) is 0 Å². The van der Waals surface area contributed by atoms with Gasteiger partial charge in [0.15, 0.2) is 0 Å². The second-order valence-corrected chi connectivity index (χ2v) is 16.3. The molecule has 0 N–H and O–H groups in total. The number of halogens is 6. The number of fused-ring (bicyclic) bond motifs is 10. The Hall–Kier alpha value is -4.68. The van der Waals surface area contributed by atoms with E-state index in [1.165, 1.54) is 35.7 Å². The number of alkyl halides is 6. The molecule has 4 nitrogen and oxygen atoms in total. The van der Waals surface area contributed by atoms with Crippen LogP contribution in [0, 0.1) is 0 Å². The third-order valence-electron chi connectivity index (χ3n) is 10.7. The number of hydrogen-bond acceptors (Lipinski definition) is 6. The predicted octanol–water partition coefficient (Wildman–Crippen LogP) is 10.8. The molecule has 6 heterocycles. The average molecular weight is 725 g/mol. The van der Waals surface area contributed by atoms with Crippen molar-refractivity contribution in [2.45, 2.75) is 41.1 Å². The van der Waals surface area contributed by atoms with Gasteiger partial charge in [-0.25, -0.2) is 9.97 Å². The zero-order valence-electron chi connectivity index (χ0n) is 26.6. The highest BCUT2D eigenvalue weighted by Crippen LogP contribution is 2.75. The summed E-state index contributed by atoms with van der Waals surface area (Å²) in [5, 5.41) is 3.29. The average Bonchev–Trinajstić information content (AvgIpc) is 3.71. The molecule has 10 rings (SSSR count). The molecular formula is C39H22F6N4S2. The first-order chi connectivity index (χ1) is 24.3. The van der Waals surface area contributed by atoms with Crippen molar-refractivity contribution in [1.29, 1.82) is 0 Å². The monoisotopic (exact) mass is 724 g/mol. The Morgan fingerprint density at radius 2 is 0.863 bits per heavy atom. The molecule has 1 fully saturated rings. The van der Waals surface area contributed by atoms with Gasteiger partial charge in [-0.2, -0.15) is 26.3 Å². The lowest BCUT2D eigenvalue weighted by atomic mass is 9.71. The van der Waals surface area contributed by atoms with Gasteiger partial charge >= 0.3 is 17.8 Å². The van der Waals surface area contributed by atoms with Gasteiger partial charge in [0.25, 0.3) is 0 Å². The van der Waals surface area contributed by atoms with Crippen LogP contribution in [0.25, 0.3) is 53.4 Å². The summed E-state index contributed by atoms with van der Waals surface area (Å²) in [5.41, 5.74) is 0.0611. The minimum Gasteiger partial charge on any atom is -0.254 e. The fourth-order valence-corrected chi connectivity index (χ4v) is 11.0. The van der Waals surface area contributed by atoms with Gasteiger partial charge in [-0.3, -0.25) is 9.97 Å². The maximum Gasteiger partial charge on any atom is 0.380 e. The van der Waals surface area contributed by atoms with Crippen LogP contribution in [0.15, 0.2) is 120 Å². The Morgan fingerprint density at radius 1 is 0.490 bits per heavy atom. The first-order valence-corrected chi connectivity index (χ1v) is 17.6. The van der Waals surface area contributed by atoms with Crippen molar-refractivity contribution < 1.29 is 26.3 Å². The molecule has 0 amide bonds. The molecule has 2 aromatic carbocycles. The van der Waals surface area contributed by atoms with Gasteiger partial charge in [0.2, 0.25) is 0 Å². The quantitative estimate of drug-likeness (QED) is 0.131. The summed E-state index contributed by atoms with van der Waals surface area (Å²) in [4.78, 5) is 19.5. The summed E-state index contributed by atoms with van der Waals surface area (Å²) in [5.74, 6) is -15.9. The van der Waals surface area contributed by atoms with Crippen LogP contribution in [0.1, 0.15) is 25.2 Å². The molecule has 0 spiro atoms. The number of benzene rings is 2. The number of hydrogen-bond donors (Lipinski definition) is 0. The van der Waals surface area contributed by atoms with E-state index in [1.54, 1.807) is 50.5 Å². The second kappa shape index (κ2) is 9.80. The van der Waals surface area contributed by atoms with E-state index < -0.39 is 38.4 Å². The van der Waals surface area contributed by atoms with E-state index in [4.69, 9.17) is 9.97 Å². The molecule has 2 aliphatic carbocycles. The van der Waals surface area contributed by atoms with Gasteiger partial charge in [0, 0.05) is 54.9 Å². The molecule has 0 bridgehead atoms. The molecule has 0 saturated heterocycles. The third-order valence-corrected chi connectivity index (χ3v) is 14.0. The zero-order valence-corrected chi connectivity index (χ0v) is 28.2. The molecule has 0 unspecified atom stereocenters. The molecular weight excluding hydrogens is 703 g/mol. The van der Waals surface area contributed by atoms with Crippen molar-refractivity contribution in [3.63, 3.8) is 0 Å². The SMILES string of the molecule is C[C@@]12SC(c3ccc4ccc5cccnc5c4n3)=CC1=C1C(=C3C=C(c4ccc5ccc6cccnc6c5n4)S[C@]32C)C(F)(F)C(F)(F)C1(F)F. The van der Waals surface area contributed by atoms with Crippen LogP contribution in [-0.4, -0.2) is 47.2 Å². The molecule has 2 aliphatic heterocycles. The van der Waals surface area contributed by atoms with Crippen molar-refractivity contribution in [2.75, 3.05) is 0 Å². The largest absolute Gasteiger partial charge is 0.380 e. The Labute approximate surface area is 294 Å². The lowest BCUT2D eigenvalue weighted by molar-refractivity contribution is -0.258. The van der Waals surface area contributed by atoms with Gasteiger partial charge in [0.05, 0.1) is 42.9 Å². The van der Waals surface area contributed by atoms with Crippen molar-refractivity contribution >= 4 is 76.9 Å². The van der Waals surface area contributed by atoms with E-state index in [2.05, 4.69) is 9.97 Å². The van der Waals surface area contributed by atoms with Gasteiger partial charge in [0.1, 0.15) is 0 Å². The van der Waals surface area contributed by atoms with E-state index in [0.717, 1.165) is 21.5 Å². The maximum atomic E-state index is 16.0. The van der Waals surface area contributed by atoms with Crippen molar-refractivity contribution in [3.05, 3.63) is 131 Å². The summed E-state index contributed by atoms with van der Waals surface area (Å²) in [6.45, 7) is 3.33. The second-order valence-electron chi connectivity index (χ2n) is 13.4. The summed E-state index contributed by atoms with van der Waals surface area (Å²) in [6.07, 6.45) is 5.99. The number of allylic oxidation sites excluding steroid dienone is 4. The molecule has 2 atom stereocenters. The number of rotatable bonds is 2. The van der Waals surface area contributed by atoms with E-state index in [0.29, 0.717) is 43.3 Å². The predicted molar refractivity (Wildman–Crippen MR) is 191 cm³/mol. The molecule has 1 saturated carbocycles. The van der Waals surface area contributed by atoms with Crippen LogP contribution in [0.2, 0.25) is 0 Å². The third kappa shape index (κ3) is 3.76. The molecule has 51 heavy (non-hydrogen) atoms. The smallest absolute Gasteiger partial charge is 0.254 e. The van der Waals surface area contributed by atoms with E-state index in [-0.39, 0.29) is 11.1 Å². The van der Waals surface area contributed by atoms with E-state index in [9.17, 15) is 0 Å². The highest BCUT2D eigenvalue weighted by molar-refractivity contribution is 8.14. The Bertz CT molecular complexity index is 2550. The molecule has 12 heteroatoms. The van der Waals surface area contributed by atoms with Crippen LogP contribution in [0.3, 0.4) is 0 Å². The summed E-state index contributed by atoms with van der Waals surface area (Å²) in [6, 6.07) is 22.1. The topological polar surface area (TPSA) is 51.6 Å². The summed E-state index contributed by atoms with van der Waals surface area (Å²) < 4.78 is 91.9. The van der Waals surface area contributed by atoms with Gasteiger partial charge in [-0.05, 0) is 61.4 Å². The van der Waals surface area contributed by atoms with Gasteiger partial charge < -0.3 is 0 Å². The highest BCUT2D eigenvalue weighted by Gasteiger charge is 2.84. The first kappa shape index (κ1) is 31.1. The highest BCUT2D eigenvalue weighted by atomic mass is 32.2. The minimum absolute atomic E-state index is 0.257. The zero-order chi connectivity index (χ0) is 35.3. The maximum absolute atomic E-state index is 16.0. The summed E-state index contributed by atoms with van der Waals surface area (Å²) in [7, 11) is 0. The lowest BCUT2D eigenvalue weighted by Crippen LogP contribution is -2.48. The first-order valence-electron chi connectivity index (χ1n) is 16.0. The van der Waals surface area contributed by atoms with Crippen LogP contribution in [0.4, 0.5) is 26.3 Å². The van der Waals surface area contributed by atoms with Crippen molar-refractivity contribution in [2.24, 2.45) is 0 Å². The fourth-order valence-electron chi connectivity index (χ4n) is 7.88. The number of aromatic nitrogens is 4. The fraction of sp³-hybridized carbons (Fsp3) is 0.179. The Morgan fingerprint density at radius 3 is 1.27 bits per heavy atom. The number of nitrogens with zero attached hydrogens (tertiary/aromatic N) is 4. The van der Waals surface area contributed by atoms with Crippen LogP contribution in [0.5, 0.6) is 0 Å². The van der Waals surface area contributed by atoms with Gasteiger partial charge in [-0.1, -0.05) is 48.5 Å². The van der Waals surface area contributed by atoms with Crippen molar-refractivity contribution in [3.8, 4) is 0 Å². The normalized spacial score (nSPS) is 25.8. The number of pyridine rings is 4. The Balaban J connectivity index is 1.19. The van der Waals surface area contributed by atoms with E-state index in [1.807, 2.05) is 48.5 Å². The van der Waals surface area contributed by atoms with Gasteiger partial charge in [-0.15, -0.1) is 23.5 Å². The Kier molecular flexibility index (Phi) is 5.97. The van der Waals surface area contributed by atoms with Crippen LogP contribution < -0.4 is 0 Å². The molecule has 252 valence electrons. The van der Waals surface area contributed by atoms with Crippen LogP contribution >= 0.6 is 23.5 Å². The van der Waals surface area contributed by atoms with Crippen molar-refractivity contribution in [1.82, 2.24) is 19.9 Å². The summed E-state index contributed by atoms with van der Waals surface area (Å²) >= 11 is 2.34. The van der Waals surface area contributed by atoms with E-state index >= 15 is 26.3 Å².